The number of ether oxygens (including phenoxy) is 1. The van der Waals surface area contributed by atoms with Gasteiger partial charge in [-0.05, 0) is 5.56 Å². The van der Waals surface area contributed by atoms with Crippen molar-refractivity contribution in [1.82, 2.24) is 0 Å². The summed E-state index contributed by atoms with van der Waals surface area (Å²) in [7, 11) is 0. The zero-order valence-corrected chi connectivity index (χ0v) is 7.97. The summed E-state index contributed by atoms with van der Waals surface area (Å²) in [4.78, 5) is 0. The summed E-state index contributed by atoms with van der Waals surface area (Å²) in [6.45, 7) is 1.09. The van der Waals surface area contributed by atoms with Gasteiger partial charge in [0.25, 0.3) is 0 Å². The third-order valence-corrected chi connectivity index (χ3v) is 2.43. The fraction of sp³-hybridized carbons (Fsp3) is 0.333. The predicted octanol–water partition coefficient (Wildman–Crippen LogP) is 1.71. The van der Waals surface area contributed by atoms with Gasteiger partial charge < -0.3 is 9.84 Å². The van der Waals surface area contributed by atoms with Crippen molar-refractivity contribution in [2.75, 3.05) is 13.2 Å². The van der Waals surface area contributed by atoms with Crippen molar-refractivity contribution in [3.63, 3.8) is 0 Å². The Morgan fingerprint density at radius 3 is 2.64 bits per heavy atom. The zero-order chi connectivity index (χ0) is 9.80. The molecule has 0 saturated carbocycles. The van der Waals surface area contributed by atoms with Crippen LogP contribution in [-0.4, -0.2) is 24.4 Å². The molecule has 1 fully saturated rings. The minimum Gasteiger partial charge on any atom is -0.390 e. The molecule has 1 heterocycles. The molecule has 0 bridgehead atoms. The van der Waals surface area contributed by atoms with Crippen molar-refractivity contribution in [1.29, 1.82) is 0 Å². The summed E-state index contributed by atoms with van der Waals surface area (Å²) in [5.74, 6) is 0.148. The van der Waals surface area contributed by atoms with E-state index in [2.05, 4.69) is 0 Å². The lowest BCUT2D eigenvalue weighted by Crippen LogP contribution is -2.14. The van der Waals surface area contributed by atoms with Crippen molar-refractivity contribution in [3.05, 3.63) is 42.0 Å². The molecule has 2 unspecified atom stereocenters. The van der Waals surface area contributed by atoms with Crippen LogP contribution in [-0.2, 0) is 4.74 Å². The van der Waals surface area contributed by atoms with Crippen LogP contribution < -0.4 is 0 Å². The Morgan fingerprint density at radius 2 is 2.00 bits per heavy atom. The van der Waals surface area contributed by atoms with E-state index in [1.807, 2.05) is 42.5 Å². The monoisotopic (exact) mass is 190 g/mol. The predicted molar refractivity (Wildman–Crippen MR) is 55.8 cm³/mol. The molecule has 1 aliphatic heterocycles. The first-order valence-electron chi connectivity index (χ1n) is 4.85. The lowest BCUT2D eigenvalue weighted by molar-refractivity contribution is 0.123. The molecule has 1 aliphatic rings. The second kappa shape index (κ2) is 4.40. The fourth-order valence-electron chi connectivity index (χ4n) is 1.54. The summed E-state index contributed by atoms with van der Waals surface area (Å²) in [6, 6.07) is 10.1. The molecule has 74 valence electrons. The number of hydrogen-bond acceptors (Lipinski definition) is 2. The number of hydrogen-bond donors (Lipinski definition) is 1. The normalized spacial score (nSPS) is 27.2. The largest absolute Gasteiger partial charge is 0.390 e. The van der Waals surface area contributed by atoms with Gasteiger partial charge in [0.1, 0.15) is 0 Å². The zero-order valence-electron chi connectivity index (χ0n) is 7.97. The minimum atomic E-state index is -0.338. The number of aliphatic hydroxyl groups excluding tert-OH is 1. The average Bonchev–Trinajstić information content (AvgIpc) is 2.63. The van der Waals surface area contributed by atoms with Gasteiger partial charge in [0.05, 0.1) is 19.3 Å². The molecular weight excluding hydrogens is 176 g/mol. The van der Waals surface area contributed by atoms with Crippen LogP contribution in [0, 0.1) is 5.92 Å². The highest BCUT2D eigenvalue weighted by molar-refractivity contribution is 5.49. The van der Waals surface area contributed by atoms with E-state index in [9.17, 15) is 5.11 Å². The summed E-state index contributed by atoms with van der Waals surface area (Å²) < 4.78 is 5.16. The second-order valence-corrected chi connectivity index (χ2v) is 3.54. The third kappa shape index (κ3) is 2.22. The first-order valence-corrected chi connectivity index (χ1v) is 4.85. The maximum Gasteiger partial charge on any atom is 0.0858 e. The van der Waals surface area contributed by atoms with E-state index < -0.39 is 0 Å². The molecular formula is C12H14O2. The molecule has 1 aromatic rings. The molecule has 2 atom stereocenters. The van der Waals surface area contributed by atoms with Crippen molar-refractivity contribution in [3.8, 4) is 0 Å². The van der Waals surface area contributed by atoms with Gasteiger partial charge in [-0.1, -0.05) is 42.5 Å². The van der Waals surface area contributed by atoms with Crippen LogP contribution in [0.15, 0.2) is 36.4 Å². The average molecular weight is 190 g/mol. The van der Waals surface area contributed by atoms with Crippen LogP contribution in [0.5, 0.6) is 0 Å². The highest BCUT2D eigenvalue weighted by Crippen LogP contribution is 2.16. The van der Waals surface area contributed by atoms with Gasteiger partial charge in [-0.2, -0.15) is 0 Å². The van der Waals surface area contributed by atoms with Gasteiger partial charge in [0.15, 0.2) is 0 Å². The Kier molecular flexibility index (Phi) is 2.96. The molecule has 2 heteroatoms. The Morgan fingerprint density at radius 1 is 1.21 bits per heavy atom. The van der Waals surface area contributed by atoms with E-state index in [1.165, 1.54) is 0 Å². The van der Waals surface area contributed by atoms with Crippen LogP contribution in [0.3, 0.4) is 0 Å². The number of rotatable bonds is 2. The summed E-state index contributed by atoms with van der Waals surface area (Å²) in [5.41, 5.74) is 1.16. The van der Waals surface area contributed by atoms with Gasteiger partial charge in [-0.15, -0.1) is 0 Å². The van der Waals surface area contributed by atoms with Crippen LogP contribution in [0.2, 0.25) is 0 Å². The Labute approximate surface area is 83.8 Å². The first-order chi connectivity index (χ1) is 6.86. The molecule has 0 spiro atoms. The quantitative estimate of drug-likeness (QED) is 0.769. The van der Waals surface area contributed by atoms with Gasteiger partial charge in [0, 0.05) is 5.92 Å². The lowest BCUT2D eigenvalue weighted by atomic mass is 10.0. The lowest BCUT2D eigenvalue weighted by Gasteiger charge is -2.05. The molecule has 0 aromatic heterocycles. The Hall–Kier alpha value is -1.12. The van der Waals surface area contributed by atoms with Crippen LogP contribution in [0.25, 0.3) is 6.08 Å². The highest BCUT2D eigenvalue weighted by Gasteiger charge is 2.23. The third-order valence-electron chi connectivity index (χ3n) is 2.43. The topological polar surface area (TPSA) is 29.5 Å². The fourth-order valence-corrected chi connectivity index (χ4v) is 1.54. The SMILES string of the molecule is OC1COCC1/C=C/c1ccccc1. The van der Waals surface area contributed by atoms with Crippen LogP contribution in [0.4, 0.5) is 0 Å². The summed E-state index contributed by atoms with van der Waals surface area (Å²) in [5, 5.41) is 9.49. The highest BCUT2D eigenvalue weighted by atomic mass is 16.5. The van der Waals surface area contributed by atoms with Crippen LogP contribution in [0.1, 0.15) is 5.56 Å². The Bertz CT molecular complexity index is 305. The van der Waals surface area contributed by atoms with Gasteiger partial charge in [0.2, 0.25) is 0 Å². The molecule has 1 N–H and O–H groups in total. The smallest absolute Gasteiger partial charge is 0.0858 e. The molecule has 0 amide bonds. The van der Waals surface area contributed by atoms with E-state index in [-0.39, 0.29) is 12.0 Å². The standard InChI is InChI=1S/C12H14O2/c13-12-9-14-8-11(12)7-6-10-4-2-1-3-5-10/h1-7,11-13H,8-9H2/b7-6+. The molecule has 2 nitrogen and oxygen atoms in total. The van der Waals surface area contributed by atoms with Crippen molar-refractivity contribution in [2.45, 2.75) is 6.10 Å². The molecule has 1 aromatic carbocycles. The first kappa shape index (κ1) is 9.44. The maximum absolute atomic E-state index is 9.49. The van der Waals surface area contributed by atoms with E-state index in [0.717, 1.165) is 5.56 Å². The van der Waals surface area contributed by atoms with Gasteiger partial charge in [-0.3, -0.25) is 0 Å². The van der Waals surface area contributed by atoms with E-state index in [4.69, 9.17) is 4.74 Å². The molecule has 1 saturated heterocycles. The van der Waals surface area contributed by atoms with Crippen LogP contribution >= 0.6 is 0 Å². The van der Waals surface area contributed by atoms with E-state index in [0.29, 0.717) is 13.2 Å². The Balaban J connectivity index is 2.00. The number of aliphatic hydroxyl groups is 1. The second-order valence-electron chi connectivity index (χ2n) is 3.54. The van der Waals surface area contributed by atoms with E-state index in [1.54, 1.807) is 0 Å². The summed E-state index contributed by atoms with van der Waals surface area (Å²) in [6.07, 6.45) is 3.71. The van der Waals surface area contributed by atoms with Crippen molar-refractivity contribution in [2.24, 2.45) is 5.92 Å². The summed E-state index contributed by atoms with van der Waals surface area (Å²) >= 11 is 0. The molecule has 2 rings (SSSR count). The van der Waals surface area contributed by atoms with Gasteiger partial charge >= 0.3 is 0 Å². The van der Waals surface area contributed by atoms with E-state index >= 15 is 0 Å². The molecule has 0 radical (unpaired) electrons. The van der Waals surface area contributed by atoms with Crippen molar-refractivity contribution >= 4 is 6.08 Å². The molecule has 0 aliphatic carbocycles. The maximum atomic E-state index is 9.49. The van der Waals surface area contributed by atoms with Crippen molar-refractivity contribution < 1.29 is 9.84 Å². The van der Waals surface area contributed by atoms with Gasteiger partial charge in [-0.25, -0.2) is 0 Å². The molecule has 14 heavy (non-hydrogen) atoms. The number of benzene rings is 1. The minimum absolute atomic E-state index is 0.148.